The van der Waals surface area contributed by atoms with Crippen LogP contribution in [0.25, 0.3) is 0 Å². The second-order valence-corrected chi connectivity index (χ2v) is 5.57. The molecule has 0 spiro atoms. The standard InChI is InChI=1S/C12H17NOS/c1-2-5-13-10(3-1)12-7-9-8-14-6-4-11(9)15-12/h7,10,13H,1-6,8H2. The number of thiophene rings is 1. The van der Waals surface area contributed by atoms with E-state index in [0.717, 1.165) is 19.6 Å². The minimum atomic E-state index is 0.620. The van der Waals surface area contributed by atoms with E-state index in [9.17, 15) is 0 Å². The van der Waals surface area contributed by atoms with E-state index >= 15 is 0 Å². The lowest BCUT2D eigenvalue weighted by molar-refractivity contribution is 0.112. The molecule has 1 atom stereocenters. The van der Waals surface area contributed by atoms with Crippen molar-refractivity contribution in [1.29, 1.82) is 0 Å². The molecule has 0 amide bonds. The Bertz CT molecular complexity index is 318. The highest BCUT2D eigenvalue weighted by atomic mass is 32.1. The number of hydrogen-bond donors (Lipinski definition) is 1. The molecular formula is C12H17NOS. The van der Waals surface area contributed by atoms with Gasteiger partial charge in [0, 0.05) is 22.2 Å². The molecule has 0 radical (unpaired) electrons. The van der Waals surface area contributed by atoms with E-state index in [1.165, 1.54) is 36.2 Å². The van der Waals surface area contributed by atoms with E-state index in [0.29, 0.717) is 6.04 Å². The first-order valence-electron chi connectivity index (χ1n) is 5.86. The molecular weight excluding hydrogens is 206 g/mol. The van der Waals surface area contributed by atoms with Gasteiger partial charge in [0.05, 0.1) is 13.2 Å². The van der Waals surface area contributed by atoms with Crippen LogP contribution >= 0.6 is 11.3 Å². The van der Waals surface area contributed by atoms with Crippen LogP contribution in [0.1, 0.15) is 40.6 Å². The summed E-state index contributed by atoms with van der Waals surface area (Å²) < 4.78 is 5.48. The Balaban J connectivity index is 1.82. The second kappa shape index (κ2) is 4.24. The fourth-order valence-electron chi connectivity index (χ4n) is 2.44. The van der Waals surface area contributed by atoms with Crippen molar-refractivity contribution >= 4 is 11.3 Å². The molecule has 1 aromatic heterocycles. The van der Waals surface area contributed by atoms with Crippen molar-refractivity contribution in [2.24, 2.45) is 0 Å². The summed E-state index contributed by atoms with van der Waals surface area (Å²) in [6, 6.07) is 2.98. The molecule has 1 N–H and O–H groups in total. The number of fused-ring (bicyclic) bond motifs is 1. The highest BCUT2D eigenvalue weighted by Gasteiger charge is 2.20. The Morgan fingerprint density at radius 1 is 1.40 bits per heavy atom. The highest BCUT2D eigenvalue weighted by Crippen LogP contribution is 2.33. The van der Waals surface area contributed by atoms with Gasteiger partial charge in [0.25, 0.3) is 0 Å². The molecule has 1 aromatic rings. The van der Waals surface area contributed by atoms with Crippen molar-refractivity contribution in [2.75, 3.05) is 13.2 Å². The van der Waals surface area contributed by atoms with Gasteiger partial charge in [0.15, 0.2) is 0 Å². The molecule has 15 heavy (non-hydrogen) atoms. The van der Waals surface area contributed by atoms with Crippen molar-refractivity contribution in [2.45, 2.75) is 38.3 Å². The van der Waals surface area contributed by atoms with E-state index in [4.69, 9.17) is 4.74 Å². The molecule has 82 valence electrons. The topological polar surface area (TPSA) is 21.3 Å². The summed E-state index contributed by atoms with van der Waals surface area (Å²) in [4.78, 5) is 3.09. The van der Waals surface area contributed by atoms with E-state index in [2.05, 4.69) is 11.4 Å². The normalized spacial score (nSPS) is 26.3. The van der Waals surface area contributed by atoms with Crippen LogP contribution < -0.4 is 5.32 Å². The molecule has 3 heterocycles. The molecule has 2 aliphatic rings. The monoisotopic (exact) mass is 223 g/mol. The third kappa shape index (κ3) is 1.96. The number of piperidine rings is 1. The minimum absolute atomic E-state index is 0.620. The third-order valence-electron chi connectivity index (χ3n) is 3.30. The van der Waals surface area contributed by atoms with Crippen molar-refractivity contribution in [3.63, 3.8) is 0 Å². The molecule has 0 saturated carbocycles. The van der Waals surface area contributed by atoms with Gasteiger partial charge in [0.2, 0.25) is 0 Å². The van der Waals surface area contributed by atoms with Gasteiger partial charge < -0.3 is 10.1 Å². The maximum absolute atomic E-state index is 5.48. The lowest BCUT2D eigenvalue weighted by Gasteiger charge is -2.22. The predicted molar refractivity (Wildman–Crippen MR) is 62.3 cm³/mol. The van der Waals surface area contributed by atoms with E-state index < -0.39 is 0 Å². The Labute approximate surface area is 94.6 Å². The van der Waals surface area contributed by atoms with Crippen LogP contribution in [0.4, 0.5) is 0 Å². The molecule has 2 aliphatic heterocycles. The summed E-state index contributed by atoms with van der Waals surface area (Å²) in [5.41, 5.74) is 1.44. The number of hydrogen-bond acceptors (Lipinski definition) is 3. The Morgan fingerprint density at radius 2 is 2.40 bits per heavy atom. The molecule has 0 aromatic carbocycles. The summed E-state index contributed by atoms with van der Waals surface area (Å²) in [5.74, 6) is 0. The van der Waals surface area contributed by atoms with Crippen LogP contribution in [0.2, 0.25) is 0 Å². The number of rotatable bonds is 1. The van der Waals surface area contributed by atoms with Crippen molar-refractivity contribution in [1.82, 2.24) is 5.32 Å². The fraction of sp³-hybridized carbons (Fsp3) is 0.667. The third-order valence-corrected chi connectivity index (χ3v) is 4.65. The highest BCUT2D eigenvalue weighted by molar-refractivity contribution is 7.12. The number of ether oxygens (including phenoxy) is 1. The summed E-state index contributed by atoms with van der Waals surface area (Å²) >= 11 is 2.00. The Kier molecular flexibility index (Phi) is 2.77. The van der Waals surface area contributed by atoms with Crippen LogP contribution in [0, 0.1) is 0 Å². The summed E-state index contributed by atoms with van der Waals surface area (Å²) in [5, 5.41) is 3.61. The zero-order valence-corrected chi connectivity index (χ0v) is 9.74. The van der Waals surface area contributed by atoms with E-state index in [1.54, 1.807) is 4.88 Å². The van der Waals surface area contributed by atoms with E-state index in [-0.39, 0.29) is 0 Å². The average Bonchev–Trinajstić information content (AvgIpc) is 2.74. The van der Waals surface area contributed by atoms with Gasteiger partial charge in [-0.1, -0.05) is 6.42 Å². The quantitative estimate of drug-likeness (QED) is 0.790. The minimum Gasteiger partial charge on any atom is -0.376 e. The molecule has 0 aliphatic carbocycles. The summed E-state index contributed by atoms with van der Waals surface area (Å²) in [7, 11) is 0. The molecule has 1 unspecified atom stereocenters. The summed E-state index contributed by atoms with van der Waals surface area (Å²) in [6.07, 6.45) is 5.13. The van der Waals surface area contributed by atoms with Gasteiger partial charge in [-0.05, 0) is 31.0 Å². The van der Waals surface area contributed by atoms with Crippen molar-refractivity contribution in [3.05, 3.63) is 21.4 Å². The first-order chi connectivity index (χ1) is 7.43. The average molecular weight is 223 g/mol. The van der Waals surface area contributed by atoms with Crippen molar-refractivity contribution < 1.29 is 4.74 Å². The van der Waals surface area contributed by atoms with Gasteiger partial charge >= 0.3 is 0 Å². The molecule has 3 heteroatoms. The molecule has 1 saturated heterocycles. The predicted octanol–water partition coefficient (Wildman–Crippen LogP) is 2.64. The Hall–Kier alpha value is -0.380. The Morgan fingerprint density at radius 3 is 3.20 bits per heavy atom. The fourth-order valence-corrected chi connectivity index (χ4v) is 3.70. The largest absolute Gasteiger partial charge is 0.376 e. The van der Waals surface area contributed by atoms with E-state index in [1.807, 2.05) is 11.3 Å². The zero-order valence-electron chi connectivity index (χ0n) is 8.92. The molecule has 2 nitrogen and oxygen atoms in total. The maximum atomic E-state index is 5.48. The lowest BCUT2D eigenvalue weighted by atomic mass is 10.0. The van der Waals surface area contributed by atoms with Crippen LogP contribution in [0.3, 0.4) is 0 Å². The molecule has 3 rings (SSSR count). The lowest BCUT2D eigenvalue weighted by Crippen LogP contribution is -2.25. The van der Waals surface area contributed by atoms with Crippen LogP contribution in [0.15, 0.2) is 6.07 Å². The van der Waals surface area contributed by atoms with Crippen LogP contribution in [-0.4, -0.2) is 13.2 Å². The summed E-state index contributed by atoms with van der Waals surface area (Å²) in [6.45, 7) is 2.92. The first kappa shape index (κ1) is 9.82. The molecule has 0 bridgehead atoms. The number of nitrogens with one attached hydrogen (secondary N) is 1. The van der Waals surface area contributed by atoms with Gasteiger partial charge in [-0.15, -0.1) is 11.3 Å². The van der Waals surface area contributed by atoms with Crippen LogP contribution in [0.5, 0.6) is 0 Å². The SMILES string of the molecule is c1c(C2CCCCN2)sc2c1COCC2. The van der Waals surface area contributed by atoms with Crippen LogP contribution in [-0.2, 0) is 17.8 Å². The van der Waals surface area contributed by atoms with Crippen molar-refractivity contribution in [3.8, 4) is 0 Å². The maximum Gasteiger partial charge on any atom is 0.0727 e. The molecule has 1 fully saturated rings. The first-order valence-corrected chi connectivity index (χ1v) is 6.68. The van der Waals surface area contributed by atoms with Gasteiger partial charge in [-0.2, -0.15) is 0 Å². The zero-order chi connectivity index (χ0) is 10.1. The smallest absolute Gasteiger partial charge is 0.0727 e. The van der Waals surface area contributed by atoms with Gasteiger partial charge in [0.1, 0.15) is 0 Å². The van der Waals surface area contributed by atoms with Gasteiger partial charge in [-0.25, -0.2) is 0 Å². The van der Waals surface area contributed by atoms with Gasteiger partial charge in [-0.3, -0.25) is 0 Å². The second-order valence-electron chi connectivity index (χ2n) is 4.40.